The Labute approximate surface area is 244 Å². The number of benzene rings is 1. The van der Waals surface area contributed by atoms with Gasteiger partial charge in [-0.3, -0.25) is 4.79 Å². The van der Waals surface area contributed by atoms with E-state index in [1.807, 2.05) is 29.2 Å². The van der Waals surface area contributed by atoms with Gasteiger partial charge in [0.15, 0.2) is 17.5 Å². The van der Waals surface area contributed by atoms with Crippen LogP contribution in [0.5, 0.6) is 0 Å². The molecule has 0 radical (unpaired) electrons. The zero-order chi connectivity index (χ0) is 28.3. The molecule has 1 aliphatic heterocycles. The third kappa shape index (κ3) is 4.63. The molecular formula is C33H35FN4O4. The van der Waals surface area contributed by atoms with Crippen molar-refractivity contribution in [2.45, 2.75) is 87.9 Å². The average molecular weight is 571 g/mol. The third-order valence-corrected chi connectivity index (χ3v) is 10.4. The quantitative estimate of drug-likeness (QED) is 0.272. The summed E-state index contributed by atoms with van der Waals surface area (Å²) in [5, 5.41) is 4.30. The van der Waals surface area contributed by atoms with Crippen LogP contribution in [0, 0.1) is 5.41 Å². The molecule has 2 aromatic heterocycles. The lowest BCUT2D eigenvalue weighted by molar-refractivity contribution is -0.116. The first-order chi connectivity index (χ1) is 20.5. The summed E-state index contributed by atoms with van der Waals surface area (Å²) in [4.78, 5) is 25.1. The maximum Gasteiger partial charge on any atom is 0.262 e. The minimum Gasteiger partial charge on any atom is -0.440 e. The third-order valence-electron chi connectivity index (χ3n) is 10.4. The van der Waals surface area contributed by atoms with Gasteiger partial charge in [-0.1, -0.05) is 23.0 Å². The number of oxazole rings is 1. The number of amides is 1. The number of nitrogens with zero attached hydrogens (tertiary/aromatic N) is 4. The summed E-state index contributed by atoms with van der Waals surface area (Å²) in [6.45, 7) is 2.03. The molecule has 5 fully saturated rings. The summed E-state index contributed by atoms with van der Waals surface area (Å²) in [5.41, 5.74) is 4.60. The molecule has 0 N–H and O–H groups in total. The molecule has 3 aromatic rings. The zero-order valence-electron chi connectivity index (χ0n) is 23.7. The standard InChI is InChI=1S/C33H35FN4O4/c34-25-16-24(17-25)30(39)38(26-3-1-2-23(18-26)27-19-35-29(41-27)22-6-14-40-15-7-22)20-32-8-11-33(12-9-32,13-10-32)31-36-28(37-42-31)21-4-5-21/h1-3,18-19,21-22H,4-16,20H2. The molecule has 1 amide bonds. The first kappa shape index (κ1) is 26.1. The second kappa shape index (κ2) is 10.0. The van der Waals surface area contributed by atoms with Gasteiger partial charge in [0.05, 0.1) is 11.8 Å². The van der Waals surface area contributed by atoms with Crippen molar-refractivity contribution in [3.05, 3.63) is 65.2 Å². The maximum atomic E-state index is 13.8. The van der Waals surface area contributed by atoms with Crippen molar-refractivity contribution in [1.29, 1.82) is 0 Å². The van der Waals surface area contributed by atoms with Crippen molar-refractivity contribution in [1.82, 2.24) is 15.1 Å². The summed E-state index contributed by atoms with van der Waals surface area (Å²) in [6.07, 6.45) is 11.8. The average Bonchev–Trinajstić information content (AvgIpc) is 3.53. The molecular weight excluding hydrogens is 535 g/mol. The first-order valence-electron chi connectivity index (χ1n) is 15.4. The van der Waals surface area contributed by atoms with Crippen LogP contribution in [-0.2, 0) is 14.9 Å². The van der Waals surface area contributed by atoms with Crippen molar-refractivity contribution < 1.29 is 22.9 Å². The Kier molecular flexibility index (Phi) is 6.23. The highest BCUT2D eigenvalue weighted by Crippen LogP contribution is 2.58. The van der Waals surface area contributed by atoms with Crippen molar-refractivity contribution in [2.24, 2.45) is 5.41 Å². The number of ether oxygens (including phenoxy) is 1. The number of halogens is 1. The normalized spacial score (nSPS) is 27.4. The molecule has 42 heavy (non-hydrogen) atoms. The Hall–Kier alpha value is -3.55. The largest absolute Gasteiger partial charge is 0.440 e. The van der Waals surface area contributed by atoms with Gasteiger partial charge in [-0.2, -0.15) is 4.98 Å². The molecule has 4 saturated carbocycles. The van der Waals surface area contributed by atoms with Crippen molar-refractivity contribution in [2.75, 3.05) is 24.7 Å². The number of carbonyl (C=O) groups excluding carboxylic acids is 1. The second-order valence-electron chi connectivity index (χ2n) is 13.1. The van der Waals surface area contributed by atoms with Gasteiger partial charge in [0, 0.05) is 54.7 Å². The van der Waals surface area contributed by atoms with Gasteiger partial charge in [-0.15, -0.1) is 0 Å². The molecule has 1 saturated heterocycles. The summed E-state index contributed by atoms with van der Waals surface area (Å²) in [7, 11) is 0. The Morgan fingerprint density at radius 3 is 2.52 bits per heavy atom. The van der Waals surface area contributed by atoms with Crippen LogP contribution in [-0.4, -0.2) is 40.8 Å². The van der Waals surface area contributed by atoms with Crippen LogP contribution in [0.3, 0.4) is 0 Å². The van der Waals surface area contributed by atoms with Gasteiger partial charge in [0.2, 0.25) is 5.89 Å². The Morgan fingerprint density at radius 1 is 1.05 bits per heavy atom. The second-order valence-corrected chi connectivity index (χ2v) is 13.1. The Bertz CT molecular complexity index is 1570. The van der Waals surface area contributed by atoms with Crippen LogP contribution in [0.2, 0.25) is 0 Å². The monoisotopic (exact) mass is 570 g/mol. The van der Waals surface area contributed by atoms with E-state index in [9.17, 15) is 9.18 Å². The van der Waals surface area contributed by atoms with Gasteiger partial charge < -0.3 is 18.6 Å². The molecule has 0 spiro atoms. The highest BCUT2D eigenvalue weighted by molar-refractivity contribution is 6.07. The molecule has 0 unspecified atom stereocenters. The topological polar surface area (TPSA) is 94.5 Å². The fraction of sp³-hybridized carbons (Fsp3) is 0.545. The van der Waals surface area contributed by atoms with E-state index in [0.717, 1.165) is 106 Å². The summed E-state index contributed by atoms with van der Waals surface area (Å²) in [6, 6.07) is 7.89. The van der Waals surface area contributed by atoms with E-state index in [1.165, 1.54) is 0 Å². The summed E-state index contributed by atoms with van der Waals surface area (Å²) < 4.78 is 31.2. The van der Waals surface area contributed by atoms with E-state index in [-0.39, 0.29) is 34.9 Å². The molecule has 5 aliphatic carbocycles. The van der Waals surface area contributed by atoms with E-state index in [0.29, 0.717) is 23.8 Å². The van der Waals surface area contributed by atoms with E-state index in [2.05, 4.69) is 15.9 Å². The molecule has 9 rings (SSSR count). The molecule has 9 heteroatoms. The van der Waals surface area contributed by atoms with Crippen LogP contribution in [0.15, 0.2) is 56.5 Å². The summed E-state index contributed by atoms with van der Waals surface area (Å²) >= 11 is 0. The van der Waals surface area contributed by atoms with Crippen molar-refractivity contribution >= 4 is 11.6 Å². The van der Waals surface area contributed by atoms with Gasteiger partial charge in [0.25, 0.3) is 5.91 Å². The predicted octanol–water partition coefficient (Wildman–Crippen LogP) is 6.90. The number of rotatable bonds is 8. The van der Waals surface area contributed by atoms with E-state index in [1.54, 1.807) is 6.20 Å². The molecule has 0 atom stereocenters. The van der Waals surface area contributed by atoms with E-state index in [4.69, 9.17) is 18.7 Å². The number of hydrogen-bond donors (Lipinski definition) is 0. The zero-order valence-corrected chi connectivity index (χ0v) is 23.7. The van der Waals surface area contributed by atoms with E-state index >= 15 is 0 Å². The van der Waals surface area contributed by atoms with Crippen molar-refractivity contribution in [3.63, 3.8) is 0 Å². The Balaban J connectivity index is 1.05. The lowest BCUT2D eigenvalue weighted by Crippen LogP contribution is -2.51. The predicted molar refractivity (Wildman–Crippen MR) is 151 cm³/mol. The molecule has 6 aliphatic rings. The van der Waals surface area contributed by atoms with Gasteiger partial charge >= 0.3 is 0 Å². The highest BCUT2D eigenvalue weighted by Gasteiger charge is 2.53. The SMILES string of the molecule is O=C(C1=C=C(F)C1)N(CC12CCC(c3nc(C4CC4)no3)(CC1)CC2)c1cccc(-c2cnc(C3CCOCC3)o2)c1. The number of fused-ring (bicyclic) bond motifs is 3. The molecule has 3 heterocycles. The van der Waals surface area contributed by atoms with Crippen LogP contribution >= 0.6 is 0 Å². The van der Waals surface area contributed by atoms with Crippen molar-refractivity contribution in [3.8, 4) is 11.3 Å². The molecule has 218 valence electrons. The van der Waals surface area contributed by atoms with Crippen LogP contribution in [0.1, 0.15) is 100 Å². The van der Waals surface area contributed by atoms with Crippen LogP contribution in [0.4, 0.5) is 10.1 Å². The fourth-order valence-electron chi connectivity index (χ4n) is 7.37. The summed E-state index contributed by atoms with van der Waals surface area (Å²) in [5.74, 6) is 3.31. The van der Waals surface area contributed by atoms with E-state index < -0.39 is 0 Å². The number of carbonyl (C=O) groups is 1. The minimum absolute atomic E-state index is 0.0121. The lowest BCUT2D eigenvalue weighted by atomic mass is 9.53. The van der Waals surface area contributed by atoms with Crippen LogP contribution < -0.4 is 4.90 Å². The highest BCUT2D eigenvalue weighted by atomic mass is 19.1. The fourth-order valence-corrected chi connectivity index (χ4v) is 7.37. The van der Waals surface area contributed by atoms with Gasteiger partial charge in [-0.05, 0) is 81.8 Å². The number of anilines is 1. The maximum absolute atomic E-state index is 13.8. The van der Waals surface area contributed by atoms with Gasteiger partial charge in [0.1, 0.15) is 5.83 Å². The first-order valence-corrected chi connectivity index (χ1v) is 15.4. The number of hydrogen-bond acceptors (Lipinski definition) is 7. The van der Waals surface area contributed by atoms with Crippen LogP contribution in [0.25, 0.3) is 11.3 Å². The molecule has 1 aromatic carbocycles. The number of aromatic nitrogens is 3. The Morgan fingerprint density at radius 2 is 1.81 bits per heavy atom. The molecule has 8 nitrogen and oxygen atoms in total. The smallest absolute Gasteiger partial charge is 0.262 e. The minimum atomic E-state index is -0.363. The molecule has 2 bridgehead atoms. The lowest BCUT2D eigenvalue weighted by Gasteiger charge is -2.53. The van der Waals surface area contributed by atoms with Gasteiger partial charge in [-0.25, -0.2) is 9.37 Å².